The number of hydrogen-bond acceptors (Lipinski definition) is 3. The molecule has 1 heterocycles. The third-order valence-electron chi connectivity index (χ3n) is 2.23. The van der Waals surface area contributed by atoms with Crippen LogP contribution in [0.15, 0.2) is 4.42 Å². The molecule has 0 unspecified atom stereocenters. The number of nitriles is 1. The third kappa shape index (κ3) is 2.21. The first kappa shape index (κ1) is 12.6. The van der Waals surface area contributed by atoms with E-state index in [0.29, 0.717) is 0 Å². The molecule has 1 aromatic rings. The largest absolute Gasteiger partial charge is 0.443 e. The lowest BCUT2D eigenvalue weighted by atomic mass is 9.96. The molecule has 0 radical (unpaired) electrons. The standard InChI is InChI=1S/C11H14F2N2O/c1-6(2)8-7(9(12)13)15-10(16-8)11(3,4)5-14/h6,9H,1-4H3. The fourth-order valence-corrected chi connectivity index (χ4v) is 1.23. The third-order valence-corrected chi connectivity index (χ3v) is 2.23. The van der Waals surface area contributed by atoms with Crippen LogP contribution in [-0.2, 0) is 5.41 Å². The molecule has 0 saturated heterocycles. The van der Waals surface area contributed by atoms with Gasteiger partial charge in [0, 0.05) is 5.92 Å². The molecule has 0 aliphatic heterocycles. The average molecular weight is 228 g/mol. The maximum absolute atomic E-state index is 12.7. The molecule has 0 aliphatic rings. The second-order valence-corrected chi connectivity index (χ2v) is 4.46. The van der Waals surface area contributed by atoms with Crippen molar-refractivity contribution in [2.24, 2.45) is 0 Å². The molecule has 0 atom stereocenters. The lowest BCUT2D eigenvalue weighted by molar-refractivity contribution is 0.143. The van der Waals surface area contributed by atoms with Crippen LogP contribution in [0.2, 0.25) is 0 Å². The van der Waals surface area contributed by atoms with E-state index in [0.717, 1.165) is 0 Å². The summed E-state index contributed by atoms with van der Waals surface area (Å²) in [6.07, 6.45) is -2.68. The van der Waals surface area contributed by atoms with Gasteiger partial charge in [0.25, 0.3) is 6.43 Å². The maximum Gasteiger partial charge on any atom is 0.283 e. The minimum absolute atomic E-state index is 0.0500. The van der Waals surface area contributed by atoms with E-state index in [1.54, 1.807) is 27.7 Å². The van der Waals surface area contributed by atoms with Crippen molar-refractivity contribution in [2.75, 3.05) is 0 Å². The molecule has 0 saturated carbocycles. The van der Waals surface area contributed by atoms with Crippen molar-refractivity contribution >= 4 is 0 Å². The lowest BCUT2D eigenvalue weighted by Gasteiger charge is -2.09. The topological polar surface area (TPSA) is 49.8 Å². The minimum Gasteiger partial charge on any atom is -0.443 e. The highest BCUT2D eigenvalue weighted by Gasteiger charge is 2.31. The summed E-state index contributed by atoms with van der Waals surface area (Å²) in [4.78, 5) is 3.73. The molecule has 0 amide bonds. The molecule has 0 aromatic carbocycles. The van der Waals surface area contributed by atoms with Crippen molar-refractivity contribution in [1.29, 1.82) is 5.26 Å². The van der Waals surface area contributed by atoms with Gasteiger partial charge in [-0.05, 0) is 13.8 Å². The van der Waals surface area contributed by atoms with Crippen LogP contribution < -0.4 is 0 Å². The maximum atomic E-state index is 12.7. The van der Waals surface area contributed by atoms with Gasteiger partial charge in [0.2, 0.25) is 5.89 Å². The fourth-order valence-electron chi connectivity index (χ4n) is 1.23. The first-order valence-corrected chi connectivity index (χ1v) is 5.00. The highest BCUT2D eigenvalue weighted by Crippen LogP contribution is 2.32. The van der Waals surface area contributed by atoms with Gasteiger partial charge < -0.3 is 4.42 Å². The van der Waals surface area contributed by atoms with Crippen molar-refractivity contribution in [2.45, 2.75) is 45.5 Å². The summed E-state index contributed by atoms with van der Waals surface area (Å²) in [6, 6.07) is 1.97. The summed E-state index contributed by atoms with van der Waals surface area (Å²) in [7, 11) is 0. The number of alkyl halides is 2. The summed E-state index contributed by atoms with van der Waals surface area (Å²) in [6.45, 7) is 6.65. The van der Waals surface area contributed by atoms with E-state index in [1.165, 1.54) is 0 Å². The Balaban J connectivity index is 3.28. The lowest BCUT2D eigenvalue weighted by Crippen LogP contribution is -2.14. The molecule has 1 aromatic heterocycles. The number of hydrogen-bond donors (Lipinski definition) is 0. The van der Waals surface area contributed by atoms with Crippen molar-refractivity contribution in [3.8, 4) is 6.07 Å². The quantitative estimate of drug-likeness (QED) is 0.795. The molecule has 16 heavy (non-hydrogen) atoms. The van der Waals surface area contributed by atoms with E-state index in [1.807, 2.05) is 6.07 Å². The number of nitrogens with zero attached hydrogens (tertiary/aromatic N) is 2. The zero-order valence-electron chi connectivity index (χ0n) is 9.71. The van der Waals surface area contributed by atoms with Crippen LogP contribution in [0.1, 0.15) is 57.4 Å². The molecule has 5 heteroatoms. The molecule has 0 N–H and O–H groups in total. The monoisotopic (exact) mass is 228 g/mol. The molecule has 0 spiro atoms. The van der Waals surface area contributed by atoms with Gasteiger partial charge in [0.05, 0.1) is 6.07 Å². The Morgan fingerprint density at radius 3 is 2.25 bits per heavy atom. The molecular weight excluding hydrogens is 214 g/mol. The van der Waals surface area contributed by atoms with Crippen LogP contribution in [0.4, 0.5) is 8.78 Å². The normalized spacial score (nSPS) is 12.2. The van der Waals surface area contributed by atoms with Gasteiger partial charge in [-0.15, -0.1) is 0 Å². The average Bonchev–Trinajstić information content (AvgIpc) is 2.62. The van der Waals surface area contributed by atoms with Gasteiger partial charge in [0.1, 0.15) is 16.9 Å². The Morgan fingerprint density at radius 1 is 1.38 bits per heavy atom. The second kappa shape index (κ2) is 4.20. The van der Waals surface area contributed by atoms with Crippen molar-refractivity contribution in [3.05, 3.63) is 17.3 Å². The predicted octanol–water partition coefficient (Wildman–Crippen LogP) is 3.54. The predicted molar refractivity (Wildman–Crippen MR) is 54.2 cm³/mol. The zero-order chi connectivity index (χ0) is 12.5. The second-order valence-electron chi connectivity index (χ2n) is 4.46. The molecule has 0 aliphatic carbocycles. The van der Waals surface area contributed by atoms with E-state index in [9.17, 15) is 8.78 Å². The van der Waals surface area contributed by atoms with Gasteiger partial charge in [0.15, 0.2) is 0 Å². The smallest absolute Gasteiger partial charge is 0.283 e. The van der Waals surface area contributed by atoms with Crippen molar-refractivity contribution < 1.29 is 13.2 Å². The summed E-state index contributed by atoms with van der Waals surface area (Å²) in [5.41, 5.74) is -1.34. The van der Waals surface area contributed by atoms with Crippen LogP contribution in [-0.4, -0.2) is 4.98 Å². The van der Waals surface area contributed by atoms with Crippen LogP contribution in [0, 0.1) is 11.3 Å². The summed E-state index contributed by atoms with van der Waals surface area (Å²) in [5.74, 6) is 0.0297. The molecule has 0 fully saturated rings. The van der Waals surface area contributed by atoms with E-state index in [4.69, 9.17) is 9.68 Å². The summed E-state index contributed by atoms with van der Waals surface area (Å²) in [5, 5.41) is 8.89. The Kier molecular flexibility index (Phi) is 3.32. The zero-order valence-corrected chi connectivity index (χ0v) is 9.71. The molecule has 1 rings (SSSR count). The van der Waals surface area contributed by atoms with Crippen LogP contribution in [0.3, 0.4) is 0 Å². The van der Waals surface area contributed by atoms with Crippen LogP contribution in [0.25, 0.3) is 0 Å². The molecule has 3 nitrogen and oxygen atoms in total. The van der Waals surface area contributed by atoms with Crippen molar-refractivity contribution in [3.63, 3.8) is 0 Å². The Hall–Kier alpha value is -1.44. The Labute approximate surface area is 93.1 Å². The number of oxazole rings is 1. The molecule has 88 valence electrons. The van der Waals surface area contributed by atoms with E-state index >= 15 is 0 Å². The van der Waals surface area contributed by atoms with Gasteiger partial charge in [-0.25, -0.2) is 13.8 Å². The van der Waals surface area contributed by atoms with Crippen LogP contribution >= 0.6 is 0 Å². The number of rotatable bonds is 3. The van der Waals surface area contributed by atoms with E-state index in [-0.39, 0.29) is 23.3 Å². The first-order valence-electron chi connectivity index (χ1n) is 5.00. The SMILES string of the molecule is CC(C)c1oc(C(C)(C)C#N)nc1C(F)F. The summed E-state index contributed by atoms with van der Waals surface area (Å²) >= 11 is 0. The molecule has 0 bridgehead atoms. The van der Waals surface area contributed by atoms with Crippen LogP contribution in [0.5, 0.6) is 0 Å². The Bertz CT molecular complexity index is 391. The first-order chi connectivity index (χ1) is 7.29. The minimum atomic E-state index is -2.68. The van der Waals surface area contributed by atoms with Gasteiger partial charge in [-0.3, -0.25) is 0 Å². The van der Waals surface area contributed by atoms with Crippen molar-refractivity contribution in [1.82, 2.24) is 4.98 Å². The number of halogens is 2. The fraction of sp³-hybridized carbons (Fsp3) is 0.636. The van der Waals surface area contributed by atoms with E-state index in [2.05, 4.69) is 4.98 Å². The van der Waals surface area contributed by atoms with Gasteiger partial charge in [-0.1, -0.05) is 13.8 Å². The highest BCUT2D eigenvalue weighted by molar-refractivity contribution is 5.22. The highest BCUT2D eigenvalue weighted by atomic mass is 19.3. The van der Waals surface area contributed by atoms with Gasteiger partial charge in [-0.2, -0.15) is 5.26 Å². The summed E-state index contributed by atoms with van der Waals surface area (Å²) < 4.78 is 30.7. The molecular formula is C11H14F2N2O. The van der Waals surface area contributed by atoms with Gasteiger partial charge >= 0.3 is 0 Å². The Morgan fingerprint density at radius 2 is 1.94 bits per heavy atom. The van der Waals surface area contributed by atoms with E-state index < -0.39 is 11.8 Å². The number of aromatic nitrogens is 1.